The van der Waals surface area contributed by atoms with Gasteiger partial charge in [0.15, 0.2) is 0 Å². The predicted octanol–water partition coefficient (Wildman–Crippen LogP) is 3.91. The summed E-state index contributed by atoms with van der Waals surface area (Å²) in [4.78, 5) is 1.33. The van der Waals surface area contributed by atoms with Gasteiger partial charge in [0.2, 0.25) is 0 Å². The van der Waals surface area contributed by atoms with Crippen molar-refractivity contribution in [3.8, 4) is 5.75 Å². The van der Waals surface area contributed by atoms with E-state index in [9.17, 15) is 0 Å². The lowest BCUT2D eigenvalue weighted by Crippen LogP contribution is -2.23. The molecule has 3 heteroatoms. The zero-order valence-corrected chi connectivity index (χ0v) is 11.5. The standard InChI is InChI=1S/C14H21NOS/c1-3-9-15-13(11-6-4-5-7-11)14-12(16-2)8-10-17-14/h6,8,10,13,15H,3-5,7,9H2,1-2H3. The number of hydrogen-bond acceptors (Lipinski definition) is 3. The van der Waals surface area contributed by atoms with Crippen molar-refractivity contribution in [1.29, 1.82) is 0 Å². The lowest BCUT2D eigenvalue weighted by Gasteiger charge is -2.20. The SMILES string of the molecule is CCCNC(C1=CCCC1)c1sccc1OC. The third kappa shape index (κ3) is 2.90. The van der Waals surface area contributed by atoms with Crippen molar-refractivity contribution in [2.75, 3.05) is 13.7 Å². The van der Waals surface area contributed by atoms with Gasteiger partial charge in [-0.2, -0.15) is 0 Å². The Hall–Kier alpha value is -0.800. The summed E-state index contributed by atoms with van der Waals surface area (Å²) in [5, 5.41) is 5.77. The van der Waals surface area contributed by atoms with Crippen LogP contribution in [0, 0.1) is 0 Å². The van der Waals surface area contributed by atoms with E-state index < -0.39 is 0 Å². The van der Waals surface area contributed by atoms with Crippen LogP contribution in [-0.4, -0.2) is 13.7 Å². The Morgan fingerprint density at radius 3 is 3.06 bits per heavy atom. The molecule has 0 aliphatic heterocycles. The molecule has 1 atom stereocenters. The molecule has 1 heterocycles. The van der Waals surface area contributed by atoms with E-state index in [2.05, 4.69) is 29.8 Å². The van der Waals surface area contributed by atoms with E-state index in [-0.39, 0.29) is 0 Å². The topological polar surface area (TPSA) is 21.3 Å². The van der Waals surface area contributed by atoms with Gasteiger partial charge < -0.3 is 10.1 Å². The van der Waals surface area contributed by atoms with Crippen molar-refractivity contribution in [2.45, 2.75) is 38.6 Å². The fourth-order valence-electron chi connectivity index (χ4n) is 2.33. The monoisotopic (exact) mass is 251 g/mol. The third-order valence-corrected chi connectivity index (χ3v) is 4.15. The number of ether oxygens (including phenoxy) is 1. The molecule has 1 aromatic heterocycles. The molecule has 1 aromatic rings. The van der Waals surface area contributed by atoms with E-state index in [0.717, 1.165) is 18.7 Å². The van der Waals surface area contributed by atoms with Crippen LogP contribution in [0.4, 0.5) is 0 Å². The molecule has 1 unspecified atom stereocenters. The Morgan fingerprint density at radius 1 is 1.53 bits per heavy atom. The quantitative estimate of drug-likeness (QED) is 0.774. The van der Waals surface area contributed by atoms with Crippen LogP contribution in [0.5, 0.6) is 5.75 Å². The number of thiophene rings is 1. The smallest absolute Gasteiger partial charge is 0.134 e. The number of hydrogen-bond donors (Lipinski definition) is 1. The molecule has 1 aliphatic rings. The van der Waals surface area contributed by atoms with Gasteiger partial charge in [0.1, 0.15) is 5.75 Å². The van der Waals surface area contributed by atoms with Gasteiger partial charge in [0.25, 0.3) is 0 Å². The van der Waals surface area contributed by atoms with Gasteiger partial charge in [0, 0.05) is 0 Å². The first-order chi connectivity index (χ1) is 8.36. The van der Waals surface area contributed by atoms with E-state index in [1.54, 1.807) is 24.0 Å². The Balaban J connectivity index is 2.19. The Morgan fingerprint density at radius 2 is 2.41 bits per heavy atom. The first-order valence-electron chi connectivity index (χ1n) is 6.40. The Labute approximate surface area is 108 Å². The lowest BCUT2D eigenvalue weighted by atomic mass is 10.0. The Kier molecular flexibility index (Phi) is 4.63. The van der Waals surface area contributed by atoms with Crippen molar-refractivity contribution in [1.82, 2.24) is 5.32 Å². The summed E-state index contributed by atoms with van der Waals surface area (Å²) in [5.74, 6) is 1.02. The number of rotatable bonds is 6. The first-order valence-corrected chi connectivity index (χ1v) is 7.28. The molecule has 0 aromatic carbocycles. The highest BCUT2D eigenvalue weighted by molar-refractivity contribution is 7.10. The van der Waals surface area contributed by atoms with Gasteiger partial charge in [-0.15, -0.1) is 11.3 Å². The molecule has 0 bridgehead atoms. The van der Waals surface area contributed by atoms with Crippen molar-refractivity contribution >= 4 is 11.3 Å². The summed E-state index contributed by atoms with van der Waals surface area (Å²) < 4.78 is 5.45. The van der Waals surface area contributed by atoms with Gasteiger partial charge in [-0.3, -0.25) is 0 Å². The molecular formula is C14H21NOS. The van der Waals surface area contributed by atoms with E-state index in [1.807, 2.05) is 0 Å². The molecule has 94 valence electrons. The summed E-state index contributed by atoms with van der Waals surface area (Å²) in [5.41, 5.74) is 1.54. The summed E-state index contributed by atoms with van der Waals surface area (Å²) in [7, 11) is 1.76. The second-order valence-corrected chi connectivity index (χ2v) is 5.36. The van der Waals surface area contributed by atoms with Gasteiger partial charge >= 0.3 is 0 Å². The highest BCUT2D eigenvalue weighted by Crippen LogP contribution is 2.38. The van der Waals surface area contributed by atoms with E-state index in [4.69, 9.17) is 4.74 Å². The van der Waals surface area contributed by atoms with Crippen LogP contribution in [0.25, 0.3) is 0 Å². The molecule has 0 saturated heterocycles. The predicted molar refractivity (Wildman–Crippen MR) is 73.8 cm³/mol. The van der Waals surface area contributed by atoms with Gasteiger partial charge in [-0.05, 0) is 43.7 Å². The highest BCUT2D eigenvalue weighted by atomic mass is 32.1. The largest absolute Gasteiger partial charge is 0.496 e. The lowest BCUT2D eigenvalue weighted by molar-refractivity contribution is 0.406. The van der Waals surface area contributed by atoms with Gasteiger partial charge in [-0.1, -0.05) is 18.6 Å². The Bertz CT molecular complexity index is 383. The van der Waals surface area contributed by atoms with Crippen LogP contribution in [0.3, 0.4) is 0 Å². The van der Waals surface area contributed by atoms with Crippen molar-refractivity contribution < 1.29 is 4.74 Å². The fourth-order valence-corrected chi connectivity index (χ4v) is 3.30. The first kappa shape index (κ1) is 12.7. The van der Waals surface area contributed by atoms with Crippen LogP contribution in [0.1, 0.15) is 43.5 Å². The van der Waals surface area contributed by atoms with Gasteiger partial charge in [0.05, 0.1) is 18.0 Å². The van der Waals surface area contributed by atoms with E-state index in [0.29, 0.717) is 6.04 Å². The number of allylic oxidation sites excluding steroid dienone is 1. The molecule has 0 saturated carbocycles. The average molecular weight is 251 g/mol. The molecular weight excluding hydrogens is 230 g/mol. The number of methoxy groups -OCH3 is 1. The average Bonchev–Trinajstić information content (AvgIpc) is 3.00. The summed E-state index contributed by atoms with van der Waals surface area (Å²) in [6.45, 7) is 3.27. The second kappa shape index (κ2) is 6.22. The van der Waals surface area contributed by atoms with E-state index >= 15 is 0 Å². The van der Waals surface area contributed by atoms with Crippen LogP contribution in [0.2, 0.25) is 0 Å². The van der Waals surface area contributed by atoms with Crippen molar-refractivity contribution in [2.24, 2.45) is 0 Å². The maximum atomic E-state index is 5.45. The molecule has 1 N–H and O–H groups in total. The third-order valence-electron chi connectivity index (χ3n) is 3.18. The zero-order valence-electron chi connectivity index (χ0n) is 10.7. The summed E-state index contributed by atoms with van der Waals surface area (Å²) >= 11 is 1.79. The van der Waals surface area contributed by atoms with Crippen LogP contribution < -0.4 is 10.1 Å². The highest BCUT2D eigenvalue weighted by Gasteiger charge is 2.22. The van der Waals surface area contributed by atoms with Crippen molar-refractivity contribution in [3.63, 3.8) is 0 Å². The minimum absolute atomic E-state index is 0.368. The molecule has 0 fully saturated rings. The molecule has 17 heavy (non-hydrogen) atoms. The maximum Gasteiger partial charge on any atom is 0.134 e. The molecule has 0 radical (unpaired) electrons. The van der Waals surface area contributed by atoms with Gasteiger partial charge in [-0.25, -0.2) is 0 Å². The molecule has 2 nitrogen and oxygen atoms in total. The molecule has 1 aliphatic carbocycles. The fraction of sp³-hybridized carbons (Fsp3) is 0.571. The van der Waals surface area contributed by atoms with Crippen LogP contribution in [0.15, 0.2) is 23.1 Å². The second-order valence-electron chi connectivity index (χ2n) is 4.41. The van der Waals surface area contributed by atoms with Crippen LogP contribution in [-0.2, 0) is 0 Å². The normalized spacial score (nSPS) is 16.9. The molecule has 2 rings (SSSR count). The molecule has 0 spiro atoms. The zero-order chi connectivity index (χ0) is 12.1. The minimum Gasteiger partial charge on any atom is -0.496 e. The van der Waals surface area contributed by atoms with Crippen LogP contribution >= 0.6 is 11.3 Å². The summed E-state index contributed by atoms with van der Waals surface area (Å²) in [6, 6.07) is 2.43. The minimum atomic E-state index is 0.368. The maximum absolute atomic E-state index is 5.45. The molecule has 0 amide bonds. The number of nitrogens with one attached hydrogen (secondary N) is 1. The summed E-state index contributed by atoms with van der Waals surface area (Å²) in [6.07, 6.45) is 7.31. The van der Waals surface area contributed by atoms with Crippen molar-refractivity contribution in [3.05, 3.63) is 28.0 Å². The van der Waals surface area contributed by atoms with E-state index in [1.165, 1.54) is 24.1 Å².